The number of carbonyl (C=O) groups is 1. The first-order chi connectivity index (χ1) is 8.84. The van der Waals surface area contributed by atoms with Gasteiger partial charge in [0.05, 0.1) is 17.9 Å². The molecule has 1 aromatic heterocycles. The highest BCUT2D eigenvalue weighted by atomic mass is 35.5. The quantitative estimate of drug-likeness (QED) is 0.901. The van der Waals surface area contributed by atoms with E-state index < -0.39 is 0 Å². The molecule has 0 aliphatic carbocycles. The lowest BCUT2D eigenvalue weighted by atomic mass is 9.88. The van der Waals surface area contributed by atoms with Crippen LogP contribution in [-0.4, -0.2) is 45.2 Å². The van der Waals surface area contributed by atoms with Gasteiger partial charge in [-0.2, -0.15) is 8.75 Å². The van der Waals surface area contributed by atoms with Gasteiger partial charge >= 0.3 is 0 Å². The van der Waals surface area contributed by atoms with Crippen molar-refractivity contribution in [3.8, 4) is 0 Å². The van der Waals surface area contributed by atoms with Crippen molar-refractivity contribution >= 4 is 30.0 Å². The summed E-state index contributed by atoms with van der Waals surface area (Å²) < 4.78 is 7.90. The Morgan fingerprint density at radius 2 is 2.16 bits per heavy atom. The molecule has 3 rings (SSSR count). The number of rotatable bonds is 2. The van der Waals surface area contributed by atoms with Gasteiger partial charge in [-0.05, 0) is 38.1 Å². The third-order valence-electron chi connectivity index (χ3n) is 4.07. The standard InChI is InChI=1S/C12H18N4OS.ClH/c17-12(11-8-14-18-15-11)16-6-3-9(4-7-16)10-2-1-5-13-10;/h8-10,13H,1-7H2;1H. The van der Waals surface area contributed by atoms with Gasteiger partial charge < -0.3 is 10.2 Å². The lowest BCUT2D eigenvalue weighted by Crippen LogP contribution is -2.43. The maximum atomic E-state index is 12.1. The molecule has 1 unspecified atom stereocenters. The number of piperidine rings is 1. The molecule has 2 aliphatic heterocycles. The van der Waals surface area contributed by atoms with E-state index >= 15 is 0 Å². The van der Waals surface area contributed by atoms with Gasteiger partial charge in [0.1, 0.15) is 0 Å². The van der Waals surface area contributed by atoms with Crippen LogP contribution in [0.4, 0.5) is 0 Å². The SMILES string of the molecule is Cl.O=C(c1cnsn1)N1CCC(C2CCCN2)CC1. The van der Waals surface area contributed by atoms with Crippen LogP contribution in [0, 0.1) is 5.92 Å². The van der Waals surface area contributed by atoms with Crippen LogP contribution in [0.15, 0.2) is 6.20 Å². The molecule has 2 fully saturated rings. The minimum atomic E-state index is 0. The first kappa shape index (κ1) is 14.7. The zero-order valence-electron chi connectivity index (χ0n) is 10.7. The highest BCUT2D eigenvalue weighted by molar-refractivity contribution is 6.99. The lowest BCUT2D eigenvalue weighted by Gasteiger charge is -2.34. The number of hydrogen-bond donors (Lipinski definition) is 1. The van der Waals surface area contributed by atoms with Crippen LogP contribution in [0.5, 0.6) is 0 Å². The van der Waals surface area contributed by atoms with Gasteiger partial charge in [-0.3, -0.25) is 4.79 Å². The molecule has 1 N–H and O–H groups in total. The van der Waals surface area contributed by atoms with Crippen molar-refractivity contribution in [2.24, 2.45) is 5.92 Å². The summed E-state index contributed by atoms with van der Waals surface area (Å²) in [5, 5.41) is 3.57. The highest BCUT2D eigenvalue weighted by Crippen LogP contribution is 2.26. The van der Waals surface area contributed by atoms with Crippen molar-refractivity contribution in [2.75, 3.05) is 19.6 Å². The molecular weight excluding hydrogens is 284 g/mol. The van der Waals surface area contributed by atoms with Gasteiger partial charge in [0.2, 0.25) is 0 Å². The summed E-state index contributed by atoms with van der Waals surface area (Å²) in [7, 11) is 0. The minimum Gasteiger partial charge on any atom is -0.337 e. The van der Waals surface area contributed by atoms with Gasteiger partial charge in [-0.1, -0.05) is 0 Å². The Labute approximate surface area is 123 Å². The van der Waals surface area contributed by atoms with Crippen molar-refractivity contribution in [1.82, 2.24) is 19.0 Å². The second-order valence-electron chi connectivity index (χ2n) is 5.13. The fourth-order valence-electron chi connectivity index (χ4n) is 3.04. The zero-order chi connectivity index (χ0) is 12.4. The number of carbonyl (C=O) groups excluding carboxylic acids is 1. The van der Waals surface area contributed by atoms with E-state index in [1.807, 2.05) is 4.90 Å². The largest absolute Gasteiger partial charge is 0.337 e. The number of amides is 1. The molecule has 1 amide bonds. The van der Waals surface area contributed by atoms with Crippen LogP contribution < -0.4 is 5.32 Å². The van der Waals surface area contributed by atoms with Crippen molar-refractivity contribution in [3.63, 3.8) is 0 Å². The number of nitrogens with one attached hydrogen (secondary N) is 1. The van der Waals surface area contributed by atoms with E-state index in [4.69, 9.17) is 0 Å². The zero-order valence-corrected chi connectivity index (χ0v) is 12.4. The number of nitrogens with zero attached hydrogens (tertiary/aromatic N) is 3. The molecule has 0 aromatic carbocycles. The van der Waals surface area contributed by atoms with Crippen molar-refractivity contribution in [2.45, 2.75) is 31.7 Å². The van der Waals surface area contributed by atoms with E-state index in [0.29, 0.717) is 11.7 Å². The number of aromatic nitrogens is 2. The predicted octanol–water partition coefficient (Wildman–Crippen LogP) is 1.56. The highest BCUT2D eigenvalue weighted by Gasteiger charge is 2.30. The van der Waals surface area contributed by atoms with E-state index in [-0.39, 0.29) is 18.3 Å². The molecule has 0 radical (unpaired) electrons. The fraction of sp³-hybridized carbons (Fsp3) is 0.750. The Balaban J connectivity index is 0.00000133. The van der Waals surface area contributed by atoms with E-state index in [9.17, 15) is 4.79 Å². The Morgan fingerprint density at radius 3 is 2.74 bits per heavy atom. The first-order valence-electron chi connectivity index (χ1n) is 6.65. The Morgan fingerprint density at radius 1 is 1.37 bits per heavy atom. The molecule has 1 atom stereocenters. The second-order valence-corrected chi connectivity index (χ2v) is 5.68. The summed E-state index contributed by atoms with van der Waals surface area (Å²) in [6.45, 7) is 2.88. The topological polar surface area (TPSA) is 58.1 Å². The van der Waals surface area contributed by atoms with Crippen LogP contribution in [-0.2, 0) is 0 Å². The molecule has 1 aromatic rings. The van der Waals surface area contributed by atoms with Crippen molar-refractivity contribution < 1.29 is 4.79 Å². The molecule has 0 bridgehead atoms. The average Bonchev–Trinajstić information content (AvgIpc) is 3.11. The molecule has 3 heterocycles. The number of hydrogen-bond acceptors (Lipinski definition) is 5. The fourth-order valence-corrected chi connectivity index (χ4v) is 3.45. The summed E-state index contributed by atoms with van der Waals surface area (Å²) in [5.74, 6) is 0.784. The molecule has 0 spiro atoms. The maximum absolute atomic E-state index is 12.1. The normalized spacial score (nSPS) is 24.2. The average molecular weight is 303 g/mol. The minimum absolute atomic E-state index is 0. The lowest BCUT2D eigenvalue weighted by molar-refractivity contribution is 0.0669. The van der Waals surface area contributed by atoms with Crippen molar-refractivity contribution in [1.29, 1.82) is 0 Å². The summed E-state index contributed by atoms with van der Waals surface area (Å²) in [6.07, 6.45) is 6.39. The molecule has 5 nitrogen and oxygen atoms in total. The Bertz CT molecular complexity index is 400. The molecule has 2 aliphatic rings. The van der Waals surface area contributed by atoms with Crippen molar-refractivity contribution in [3.05, 3.63) is 11.9 Å². The third-order valence-corrected chi connectivity index (χ3v) is 4.55. The third kappa shape index (κ3) is 3.24. The molecule has 2 saturated heterocycles. The summed E-state index contributed by atoms with van der Waals surface area (Å²) in [4.78, 5) is 14.0. The first-order valence-corrected chi connectivity index (χ1v) is 7.38. The van der Waals surface area contributed by atoms with E-state index in [2.05, 4.69) is 14.1 Å². The molecular formula is C12H19ClN4OS. The van der Waals surface area contributed by atoms with Gasteiger partial charge in [-0.15, -0.1) is 12.4 Å². The van der Waals surface area contributed by atoms with Crippen LogP contribution in [0.1, 0.15) is 36.2 Å². The van der Waals surface area contributed by atoms with Gasteiger partial charge in [0, 0.05) is 19.1 Å². The van der Waals surface area contributed by atoms with Crippen LogP contribution in [0.3, 0.4) is 0 Å². The van der Waals surface area contributed by atoms with E-state index in [1.54, 1.807) is 6.20 Å². The van der Waals surface area contributed by atoms with Gasteiger partial charge in [-0.25, -0.2) is 0 Å². The smallest absolute Gasteiger partial charge is 0.275 e. The number of likely N-dealkylation sites (tertiary alicyclic amines) is 1. The molecule has 0 saturated carbocycles. The van der Waals surface area contributed by atoms with Crippen LogP contribution in [0.2, 0.25) is 0 Å². The summed E-state index contributed by atoms with van der Waals surface area (Å²) in [5.41, 5.74) is 0.498. The number of halogens is 1. The summed E-state index contributed by atoms with van der Waals surface area (Å²) in [6, 6.07) is 0.684. The predicted molar refractivity (Wildman–Crippen MR) is 76.8 cm³/mol. The van der Waals surface area contributed by atoms with Gasteiger partial charge in [0.25, 0.3) is 5.91 Å². The molecule has 19 heavy (non-hydrogen) atoms. The Kier molecular flexibility index (Phi) is 5.13. The maximum Gasteiger partial charge on any atom is 0.275 e. The molecule has 106 valence electrons. The van der Waals surface area contributed by atoms with Crippen LogP contribution in [0.25, 0.3) is 0 Å². The molecule has 7 heteroatoms. The van der Waals surface area contributed by atoms with E-state index in [1.165, 1.54) is 12.8 Å². The van der Waals surface area contributed by atoms with Crippen LogP contribution >= 0.6 is 24.1 Å². The summed E-state index contributed by atoms with van der Waals surface area (Å²) >= 11 is 1.10. The Hall–Kier alpha value is -0.720. The monoisotopic (exact) mass is 302 g/mol. The van der Waals surface area contributed by atoms with Gasteiger partial charge in [0.15, 0.2) is 5.69 Å². The second kappa shape index (κ2) is 6.63. The van der Waals surface area contributed by atoms with E-state index in [0.717, 1.165) is 50.1 Å².